The number of aryl methyl sites for hydroxylation is 1. The van der Waals surface area contributed by atoms with Crippen molar-refractivity contribution in [3.8, 4) is 5.69 Å². The quantitative estimate of drug-likeness (QED) is 0.714. The van der Waals surface area contributed by atoms with Crippen LogP contribution in [0.1, 0.15) is 11.4 Å². The van der Waals surface area contributed by atoms with E-state index >= 15 is 0 Å². The predicted molar refractivity (Wildman–Crippen MR) is 80.6 cm³/mol. The number of benzene rings is 1. The Bertz CT molecular complexity index is 745. The summed E-state index contributed by atoms with van der Waals surface area (Å²) in [5.74, 6) is 0.0701. The number of alkyl halides is 3. The van der Waals surface area contributed by atoms with Crippen molar-refractivity contribution in [2.45, 2.75) is 25.7 Å². The molecule has 0 bridgehead atoms. The van der Waals surface area contributed by atoms with Crippen molar-refractivity contribution in [3.05, 3.63) is 47.8 Å². The third-order valence-corrected chi connectivity index (χ3v) is 3.38. The van der Waals surface area contributed by atoms with E-state index in [9.17, 15) is 22.4 Å². The maximum atomic E-state index is 14.2. The molecule has 2 aromatic rings. The fourth-order valence-corrected chi connectivity index (χ4v) is 2.04. The molecule has 1 unspecified atom stereocenters. The Morgan fingerprint density at radius 1 is 1.36 bits per heavy atom. The Morgan fingerprint density at radius 3 is 2.64 bits per heavy atom. The first kappa shape index (κ1) is 18.7. The van der Waals surface area contributed by atoms with Crippen LogP contribution in [0.15, 0.2) is 30.6 Å². The summed E-state index contributed by atoms with van der Waals surface area (Å²) in [4.78, 5) is 15.4. The molecule has 136 valence electrons. The normalized spacial score (nSPS) is 12.7. The molecule has 1 aromatic carbocycles. The first-order valence-electron chi connectivity index (χ1n) is 7.23. The lowest BCUT2D eigenvalue weighted by atomic mass is 10.2. The molecule has 3 N–H and O–H groups in total. The number of nitrogens with zero attached hydrogens (tertiary/aromatic N) is 2. The van der Waals surface area contributed by atoms with Crippen molar-refractivity contribution in [1.82, 2.24) is 20.2 Å². The molecule has 25 heavy (non-hydrogen) atoms. The summed E-state index contributed by atoms with van der Waals surface area (Å²) in [7, 11) is 0. The van der Waals surface area contributed by atoms with Gasteiger partial charge in [0.2, 0.25) is 0 Å². The third-order valence-electron chi connectivity index (χ3n) is 3.38. The average molecular weight is 360 g/mol. The standard InChI is InChI=1S/C15H16F4N4O2/c1-9-20-4-5-23(9)12-3-2-10(6-11(12)16)7-21-14(25)22-8-13(24)15(17,18)19/h2-6,13,24H,7-8H2,1H3,(H2,21,22,25). The van der Waals surface area contributed by atoms with E-state index in [0.29, 0.717) is 11.4 Å². The average Bonchev–Trinajstić information content (AvgIpc) is 2.95. The van der Waals surface area contributed by atoms with E-state index in [4.69, 9.17) is 5.11 Å². The van der Waals surface area contributed by atoms with E-state index in [0.717, 1.165) is 0 Å². The highest BCUT2D eigenvalue weighted by Gasteiger charge is 2.38. The van der Waals surface area contributed by atoms with Crippen molar-refractivity contribution < 1.29 is 27.5 Å². The largest absolute Gasteiger partial charge is 0.416 e. The van der Waals surface area contributed by atoms with Gasteiger partial charge in [-0.3, -0.25) is 0 Å². The van der Waals surface area contributed by atoms with Crippen LogP contribution in [0, 0.1) is 12.7 Å². The molecule has 0 radical (unpaired) electrons. The lowest BCUT2D eigenvalue weighted by Crippen LogP contribution is -2.44. The minimum atomic E-state index is -4.81. The number of urea groups is 1. The molecule has 0 spiro atoms. The van der Waals surface area contributed by atoms with Gasteiger partial charge in [-0.15, -0.1) is 0 Å². The molecular formula is C15H16F4N4O2. The summed E-state index contributed by atoms with van der Waals surface area (Å²) >= 11 is 0. The van der Waals surface area contributed by atoms with Gasteiger partial charge in [-0.1, -0.05) is 6.07 Å². The molecule has 0 aliphatic carbocycles. The van der Waals surface area contributed by atoms with E-state index in [2.05, 4.69) is 10.3 Å². The zero-order valence-corrected chi connectivity index (χ0v) is 13.1. The molecule has 0 saturated heterocycles. The number of hydrogen-bond acceptors (Lipinski definition) is 3. The van der Waals surface area contributed by atoms with E-state index in [1.807, 2.05) is 5.32 Å². The first-order chi connectivity index (χ1) is 11.7. The molecule has 0 aliphatic heterocycles. The maximum absolute atomic E-state index is 14.2. The molecule has 2 amide bonds. The summed E-state index contributed by atoms with van der Waals surface area (Å²) in [5.41, 5.74) is 0.710. The van der Waals surface area contributed by atoms with Crippen LogP contribution < -0.4 is 10.6 Å². The van der Waals surface area contributed by atoms with E-state index in [1.54, 1.807) is 23.8 Å². The topological polar surface area (TPSA) is 79.2 Å². The van der Waals surface area contributed by atoms with Crippen molar-refractivity contribution in [1.29, 1.82) is 0 Å². The number of aromatic nitrogens is 2. The van der Waals surface area contributed by atoms with Gasteiger partial charge in [0.1, 0.15) is 11.6 Å². The number of imidazole rings is 1. The van der Waals surface area contributed by atoms with Crippen LogP contribution >= 0.6 is 0 Å². The zero-order chi connectivity index (χ0) is 18.6. The molecule has 1 atom stereocenters. The SMILES string of the molecule is Cc1nccn1-c1ccc(CNC(=O)NCC(O)C(F)(F)F)cc1F. The predicted octanol–water partition coefficient (Wildman–Crippen LogP) is 2.04. The Labute approximate surface area is 140 Å². The van der Waals surface area contributed by atoms with Gasteiger partial charge >= 0.3 is 12.2 Å². The number of amides is 2. The van der Waals surface area contributed by atoms with Gasteiger partial charge in [0.25, 0.3) is 0 Å². The van der Waals surface area contributed by atoms with E-state index in [1.165, 1.54) is 18.3 Å². The van der Waals surface area contributed by atoms with Crippen LogP contribution in [0.5, 0.6) is 0 Å². The monoisotopic (exact) mass is 360 g/mol. The summed E-state index contributed by atoms with van der Waals surface area (Å²) in [6, 6.07) is 3.38. The number of rotatable bonds is 5. The molecule has 0 fully saturated rings. The van der Waals surface area contributed by atoms with Crippen molar-refractivity contribution in [2.24, 2.45) is 0 Å². The summed E-state index contributed by atoms with van der Waals surface area (Å²) in [6.07, 6.45) is -4.32. The number of aliphatic hydroxyl groups is 1. The summed E-state index contributed by atoms with van der Waals surface area (Å²) in [6.45, 7) is 0.658. The highest BCUT2D eigenvalue weighted by Crippen LogP contribution is 2.19. The molecule has 1 aromatic heterocycles. The second kappa shape index (κ2) is 7.51. The molecule has 10 heteroatoms. The van der Waals surface area contributed by atoms with Crippen LogP contribution in [0.3, 0.4) is 0 Å². The zero-order valence-electron chi connectivity index (χ0n) is 13.1. The van der Waals surface area contributed by atoms with Gasteiger partial charge in [0.15, 0.2) is 6.10 Å². The molecule has 2 rings (SSSR count). The van der Waals surface area contributed by atoms with Crippen molar-refractivity contribution in [2.75, 3.05) is 6.54 Å². The number of carbonyl (C=O) groups is 1. The minimum Gasteiger partial charge on any atom is -0.382 e. The van der Waals surface area contributed by atoms with Crippen LogP contribution in [-0.2, 0) is 6.54 Å². The second-order valence-corrected chi connectivity index (χ2v) is 5.25. The Hall–Kier alpha value is -2.62. The number of carbonyl (C=O) groups excluding carboxylic acids is 1. The molecule has 0 aliphatic rings. The number of nitrogens with one attached hydrogen (secondary N) is 2. The molecule has 6 nitrogen and oxygen atoms in total. The number of halogens is 4. The van der Waals surface area contributed by atoms with Crippen LogP contribution in [-0.4, -0.2) is 39.5 Å². The van der Waals surface area contributed by atoms with Gasteiger partial charge in [-0.25, -0.2) is 14.2 Å². The highest BCUT2D eigenvalue weighted by molar-refractivity contribution is 5.73. The lowest BCUT2D eigenvalue weighted by molar-refractivity contribution is -0.201. The maximum Gasteiger partial charge on any atom is 0.416 e. The summed E-state index contributed by atoms with van der Waals surface area (Å²) < 4.78 is 52.0. The van der Waals surface area contributed by atoms with Gasteiger partial charge in [0.05, 0.1) is 12.2 Å². The smallest absolute Gasteiger partial charge is 0.382 e. The highest BCUT2D eigenvalue weighted by atomic mass is 19.4. The Kier molecular flexibility index (Phi) is 5.62. The fraction of sp³-hybridized carbons (Fsp3) is 0.333. The van der Waals surface area contributed by atoms with Gasteiger partial charge in [0, 0.05) is 18.9 Å². The van der Waals surface area contributed by atoms with E-state index < -0.39 is 30.7 Å². The van der Waals surface area contributed by atoms with Crippen LogP contribution in [0.4, 0.5) is 22.4 Å². The molecule has 0 saturated carbocycles. The molecule has 1 heterocycles. The first-order valence-corrected chi connectivity index (χ1v) is 7.23. The molecular weight excluding hydrogens is 344 g/mol. The van der Waals surface area contributed by atoms with Crippen molar-refractivity contribution >= 4 is 6.03 Å². The third kappa shape index (κ3) is 4.92. The Balaban J connectivity index is 1.90. The van der Waals surface area contributed by atoms with Gasteiger partial charge in [-0.2, -0.15) is 13.2 Å². The number of hydrogen-bond donors (Lipinski definition) is 3. The second-order valence-electron chi connectivity index (χ2n) is 5.25. The minimum absolute atomic E-state index is 0.0892. The van der Waals surface area contributed by atoms with Crippen molar-refractivity contribution in [3.63, 3.8) is 0 Å². The van der Waals surface area contributed by atoms with Gasteiger partial charge < -0.3 is 20.3 Å². The number of aliphatic hydroxyl groups excluding tert-OH is 1. The lowest BCUT2D eigenvalue weighted by Gasteiger charge is -2.15. The Morgan fingerprint density at radius 2 is 2.08 bits per heavy atom. The van der Waals surface area contributed by atoms with Gasteiger partial charge in [-0.05, 0) is 24.6 Å². The fourth-order valence-electron chi connectivity index (χ4n) is 2.04. The van der Waals surface area contributed by atoms with E-state index in [-0.39, 0.29) is 12.2 Å². The van der Waals surface area contributed by atoms with Crippen LogP contribution in [0.25, 0.3) is 5.69 Å². The summed E-state index contributed by atoms with van der Waals surface area (Å²) in [5, 5.41) is 12.9. The van der Waals surface area contributed by atoms with Crippen LogP contribution in [0.2, 0.25) is 0 Å².